The smallest absolute Gasteiger partial charge is 0.276 e. The van der Waals surface area contributed by atoms with Crippen LogP contribution in [0, 0.1) is 0 Å². The number of carbonyl (C=O) groups excluding carboxylic acids is 1. The van der Waals surface area contributed by atoms with Gasteiger partial charge in [-0.1, -0.05) is 25.4 Å². The first-order chi connectivity index (χ1) is 13.5. The second kappa shape index (κ2) is 9.21. The normalized spacial score (nSPS) is 14.9. The van der Waals surface area contributed by atoms with Gasteiger partial charge in [-0.15, -0.1) is 0 Å². The van der Waals surface area contributed by atoms with Crippen molar-refractivity contribution in [1.29, 1.82) is 0 Å². The fraction of sp³-hybridized carbons (Fsp3) is 0.450. The first-order valence-electron chi connectivity index (χ1n) is 9.68. The molecule has 1 fully saturated rings. The lowest BCUT2D eigenvalue weighted by atomic mass is 10.2. The Morgan fingerprint density at radius 3 is 2.57 bits per heavy atom. The molecule has 8 heteroatoms. The van der Waals surface area contributed by atoms with Crippen LogP contribution in [0.4, 0.5) is 11.4 Å². The highest BCUT2D eigenvalue weighted by molar-refractivity contribution is 6.31. The molecule has 150 valence electrons. The molecular weight excluding hydrogens is 378 g/mol. The third kappa shape index (κ3) is 4.72. The van der Waals surface area contributed by atoms with E-state index in [1.807, 2.05) is 19.1 Å². The number of nitrogens with zero attached hydrogens (tertiary/aromatic N) is 4. The SMILES string of the molecule is CCCn1nc(C(=O)Nc2cc(Cl)ccc2N2CCN(CC)CC2)ccc1=O. The van der Waals surface area contributed by atoms with Crippen molar-refractivity contribution in [1.82, 2.24) is 14.7 Å². The molecule has 0 aliphatic carbocycles. The summed E-state index contributed by atoms with van der Waals surface area (Å²) < 4.78 is 1.32. The van der Waals surface area contributed by atoms with Crippen molar-refractivity contribution < 1.29 is 4.79 Å². The van der Waals surface area contributed by atoms with E-state index < -0.39 is 0 Å². The third-order valence-corrected chi connectivity index (χ3v) is 5.14. The number of anilines is 2. The van der Waals surface area contributed by atoms with Crippen LogP contribution in [0.1, 0.15) is 30.8 Å². The number of aromatic nitrogens is 2. The van der Waals surface area contributed by atoms with Crippen molar-refractivity contribution in [3.63, 3.8) is 0 Å². The summed E-state index contributed by atoms with van der Waals surface area (Å²) >= 11 is 6.18. The zero-order valence-electron chi connectivity index (χ0n) is 16.3. The van der Waals surface area contributed by atoms with E-state index >= 15 is 0 Å². The van der Waals surface area contributed by atoms with E-state index in [0.29, 0.717) is 17.3 Å². The molecule has 1 amide bonds. The number of amides is 1. The summed E-state index contributed by atoms with van der Waals surface area (Å²) in [6.45, 7) is 9.37. The van der Waals surface area contributed by atoms with Crippen LogP contribution in [-0.2, 0) is 6.54 Å². The molecule has 1 saturated heterocycles. The Morgan fingerprint density at radius 1 is 1.14 bits per heavy atom. The summed E-state index contributed by atoms with van der Waals surface area (Å²) in [5.41, 5.74) is 1.58. The molecule has 1 aliphatic heterocycles. The number of piperazine rings is 1. The fourth-order valence-corrected chi connectivity index (χ4v) is 3.49. The van der Waals surface area contributed by atoms with Crippen molar-refractivity contribution in [2.75, 3.05) is 42.9 Å². The van der Waals surface area contributed by atoms with Crippen LogP contribution in [0.5, 0.6) is 0 Å². The van der Waals surface area contributed by atoms with Gasteiger partial charge in [0.2, 0.25) is 0 Å². The van der Waals surface area contributed by atoms with Gasteiger partial charge in [0.15, 0.2) is 0 Å². The van der Waals surface area contributed by atoms with Gasteiger partial charge >= 0.3 is 0 Å². The van der Waals surface area contributed by atoms with E-state index in [2.05, 4.69) is 27.1 Å². The highest BCUT2D eigenvalue weighted by Crippen LogP contribution is 2.30. The highest BCUT2D eigenvalue weighted by atomic mass is 35.5. The number of halogens is 1. The van der Waals surface area contributed by atoms with Crippen LogP contribution in [0.15, 0.2) is 35.1 Å². The Balaban J connectivity index is 1.82. The molecule has 0 radical (unpaired) electrons. The second-order valence-electron chi connectivity index (χ2n) is 6.82. The predicted molar refractivity (Wildman–Crippen MR) is 113 cm³/mol. The van der Waals surface area contributed by atoms with Gasteiger partial charge in [0.05, 0.1) is 11.4 Å². The van der Waals surface area contributed by atoms with Crippen LogP contribution in [0.3, 0.4) is 0 Å². The Hall–Kier alpha value is -2.38. The van der Waals surface area contributed by atoms with Crippen LogP contribution in [0.2, 0.25) is 5.02 Å². The van der Waals surface area contributed by atoms with Crippen molar-refractivity contribution in [2.24, 2.45) is 0 Å². The highest BCUT2D eigenvalue weighted by Gasteiger charge is 2.20. The molecule has 0 bridgehead atoms. The predicted octanol–water partition coefficient (Wildman–Crippen LogP) is 2.70. The van der Waals surface area contributed by atoms with Gasteiger partial charge in [-0.3, -0.25) is 9.59 Å². The molecule has 1 aliphatic rings. The molecule has 1 N–H and O–H groups in total. The van der Waals surface area contributed by atoms with Gasteiger partial charge in [-0.25, -0.2) is 4.68 Å². The Kier molecular flexibility index (Phi) is 6.70. The number of likely N-dealkylation sites (N-methyl/N-ethyl adjacent to an activating group) is 1. The summed E-state index contributed by atoms with van der Waals surface area (Å²) in [7, 11) is 0. The zero-order valence-corrected chi connectivity index (χ0v) is 17.1. The van der Waals surface area contributed by atoms with Crippen molar-refractivity contribution in [3.05, 3.63) is 51.4 Å². The van der Waals surface area contributed by atoms with Gasteiger partial charge in [0.25, 0.3) is 11.5 Å². The van der Waals surface area contributed by atoms with Crippen LogP contribution < -0.4 is 15.8 Å². The van der Waals surface area contributed by atoms with Gasteiger partial charge in [0, 0.05) is 43.8 Å². The zero-order chi connectivity index (χ0) is 20.1. The van der Waals surface area contributed by atoms with E-state index in [1.165, 1.54) is 16.8 Å². The average molecular weight is 404 g/mol. The monoisotopic (exact) mass is 403 g/mol. The van der Waals surface area contributed by atoms with Crippen molar-refractivity contribution in [2.45, 2.75) is 26.8 Å². The Bertz CT molecular complexity index is 890. The molecule has 0 spiro atoms. The molecule has 7 nitrogen and oxygen atoms in total. The Morgan fingerprint density at radius 2 is 1.89 bits per heavy atom. The van der Waals surface area contributed by atoms with E-state index in [1.54, 1.807) is 6.07 Å². The number of aryl methyl sites for hydroxylation is 1. The minimum atomic E-state index is -0.361. The quantitative estimate of drug-likeness (QED) is 0.803. The lowest BCUT2D eigenvalue weighted by molar-refractivity contribution is 0.102. The van der Waals surface area contributed by atoms with Crippen molar-refractivity contribution >= 4 is 28.9 Å². The minimum Gasteiger partial charge on any atom is -0.367 e. The average Bonchev–Trinajstić information content (AvgIpc) is 2.70. The number of hydrogen-bond acceptors (Lipinski definition) is 5. The van der Waals surface area contributed by atoms with Crippen LogP contribution in [0.25, 0.3) is 0 Å². The number of hydrogen-bond donors (Lipinski definition) is 1. The fourth-order valence-electron chi connectivity index (χ4n) is 3.32. The molecule has 0 unspecified atom stereocenters. The van der Waals surface area contributed by atoms with Gasteiger partial charge in [-0.2, -0.15) is 5.10 Å². The molecule has 0 saturated carbocycles. The molecule has 1 aromatic heterocycles. The summed E-state index contributed by atoms with van der Waals surface area (Å²) in [5, 5.41) is 7.66. The first kappa shape index (κ1) is 20.4. The van der Waals surface area contributed by atoms with Crippen molar-refractivity contribution in [3.8, 4) is 0 Å². The molecule has 28 heavy (non-hydrogen) atoms. The number of carbonyl (C=O) groups is 1. The number of nitrogens with one attached hydrogen (secondary N) is 1. The lowest BCUT2D eigenvalue weighted by Gasteiger charge is -2.36. The van der Waals surface area contributed by atoms with Crippen LogP contribution >= 0.6 is 11.6 Å². The van der Waals surface area contributed by atoms with Gasteiger partial charge in [-0.05, 0) is 37.2 Å². The first-order valence-corrected chi connectivity index (χ1v) is 10.1. The lowest BCUT2D eigenvalue weighted by Crippen LogP contribution is -2.46. The molecule has 3 rings (SSSR count). The maximum atomic E-state index is 12.8. The van der Waals surface area contributed by atoms with Crippen LogP contribution in [-0.4, -0.2) is 53.3 Å². The van der Waals surface area contributed by atoms with E-state index in [0.717, 1.165) is 44.8 Å². The van der Waals surface area contributed by atoms with E-state index in [4.69, 9.17) is 11.6 Å². The van der Waals surface area contributed by atoms with Gasteiger partial charge in [0.1, 0.15) is 5.69 Å². The minimum absolute atomic E-state index is 0.203. The topological polar surface area (TPSA) is 70.5 Å². The maximum Gasteiger partial charge on any atom is 0.276 e. The maximum absolute atomic E-state index is 12.8. The van der Waals surface area contributed by atoms with Gasteiger partial charge < -0.3 is 15.1 Å². The molecule has 0 atom stereocenters. The molecule has 2 aromatic rings. The number of rotatable bonds is 6. The third-order valence-electron chi connectivity index (χ3n) is 4.90. The summed E-state index contributed by atoms with van der Waals surface area (Å²) in [5.74, 6) is -0.361. The number of benzene rings is 1. The summed E-state index contributed by atoms with van der Waals surface area (Å²) in [6, 6.07) is 8.35. The summed E-state index contributed by atoms with van der Waals surface area (Å²) in [6.07, 6.45) is 0.764. The Labute approximate surface area is 169 Å². The van der Waals surface area contributed by atoms with E-state index in [-0.39, 0.29) is 17.2 Å². The molecule has 2 heterocycles. The molecule has 1 aromatic carbocycles. The standard InChI is InChI=1S/C20H26ClN5O2/c1-3-9-26-19(27)8-6-16(23-26)20(28)22-17-14-15(21)5-7-18(17)25-12-10-24(4-2)11-13-25/h5-8,14H,3-4,9-13H2,1-2H3,(H,22,28). The molecular formula is C20H26ClN5O2. The van der Waals surface area contributed by atoms with E-state index in [9.17, 15) is 9.59 Å². The second-order valence-corrected chi connectivity index (χ2v) is 7.25. The largest absolute Gasteiger partial charge is 0.367 e. The summed E-state index contributed by atoms with van der Waals surface area (Å²) in [4.78, 5) is 29.3.